The molecule has 0 spiro atoms. The zero-order valence-electron chi connectivity index (χ0n) is 10.9. The van der Waals surface area contributed by atoms with Crippen LogP contribution in [0.5, 0.6) is 0 Å². The zero-order valence-corrected chi connectivity index (χ0v) is 12.5. The van der Waals surface area contributed by atoms with E-state index >= 15 is 0 Å². The molecule has 0 atom stereocenters. The molecule has 19 heavy (non-hydrogen) atoms. The molecule has 0 unspecified atom stereocenters. The Kier molecular flexibility index (Phi) is 3.66. The maximum Gasteiger partial charge on any atom is 0.153 e. The monoisotopic (exact) mass is 320 g/mol. The molecule has 1 saturated carbocycles. The number of nitrogens with zero attached hydrogens (tertiary/aromatic N) is 3. The van der Waals surface area contributed by atoms with Gasteiger partial charge in [-0.05, 0) is 52.9 Å². The van der Waals surface area contributed by atoms with E-state index in [1.165, 1.54) is 18.4 Å². The minimum Gasteiger partial charge on any atom is -0.310 e. The fourth-order valence-electron chi connectivity index (χ4n) is 2.01. The molecule has 1 fully saturated rings. The molecule has 100 valence electrons. The predicted octanol–water partition coefficient (Wildman–Crippen LogP) is 2.84. The molecule has 0 radical (unpaired) electrons. The number of hydrogen-bond donors (Lipinski definition) is 1. The van der Waals surface area contributed by atoms with Gasteiger partial charge < -0.3 is 5.32 Å². The molecule has 1 aliphatic rings. The largest absolute Gasteiger partial charge is 0.310 e. The van der Waals surface area contributed by atoms with E-state index in [-0.39, 0.29) is 0 Å². The minimum absolute atomic E-state index is 0.723. The molecule has 0 amide bonds. The van der Waals surface area contributed by atoms with Crippen LogP contribution in [-0.4, -0.2) is 20.8 Å². The highest BCUT2D eigenvalue weighted by Gasteiger charge is 2.20. The van der Waals surface area contributed by atoms with Gasteiger partial charge in [0.1, 0.15) is 0 Å². The van der Waals surface area contributed by atoms with Gasteiger partial charge in [0, 0.05) is 24.5 Å². The molecular weight excluding hydrogens is 304 g/mol. The van der Waals surface area contributed by atoms with E-state index in [2.05, 4.69) is 50.4 Å². The molecule has 2 aromatic rings. The van der Waals surface area contributed by atoms with E-state index in [1.54, 1.807) is 6.20 Å². The first-order chi connectivity index (χ1) is 9.24. The van der Waals surface area contributed by atoms with E-state index < -0.39 is 0 Å². The predicted molar refractivity (Wildman–Crippen MR) is 78.3 cm³/mol. The number of halogens is 1. The summed E-state index contributed by atoms with van der Waals surface area (Å²) in [7, 11) is 0. The molecule has 2 aromatic heterocycles. The molecule has 0 aromatic carbocycles. The van der Waals surface area contributed by atoms with Crippen molar-refractivity contribution in [2.24, 2.45) is 0 Å². The Labute approximate surface area is 121 Å². The van der Waals surface area contributed by atoms with Crippen LogP contribution in [0.4, 0.5) is 0 Å². The SMILES string of the molecule is CCc1cc(CNC2CC2)cc(-n2cc(Br)cn2)n1. The van der Waals surface area contributed by atoms with Gasteiger partial charge in [-0.3, -0.25) is 0 Å². The van der Waals surface area contributed by atoms with E-state index in [1.807, 2.05) is 10.9 Å². The van der Waals surface area contributed by atoms with Crippen molar-refractivity contribution in [3.8, 4) is 5.82 Å². The van der Waals surface area contributed by atoms with Gasteiger partial charge in [-0.2, -0.15) is 5.10 Å². The van der Waals surface area contributed by atoms with Crippen LogP contribution >= 0.6 is 15.9 Å². The normalized spacial score (nSPS) is 14.8. The van der Waals surface area contributed by atoms with Crippen LogP contribution in [0.25, 0.3) is 5.82 Å². The lowest BCUT2D eigenvalue weighted by Gasteiger charge is -2.08. The fourth-order valence-corrected chi connectivity index (χ4v) is 2.30. The standard InChI is InChI=1S/C14H17BrN4/c1-2-12-5-10(7-16-13-3-4-13)6-14(18-12)19-9-11(15)8-17-19/h5-6,8-9,13,16H,2-4,7H2,1H3. The highest BCUT2D eigenvalue weighted by atomic mass is 79.9. The molecule has 0 bridgehead atoms. The Bertz CT molecular complexity index is 575. The Morgan fingerprint density at radius 2 is 2.26 bits per heavy atom. The fraction of sp³-hybridized carbons (Fsp3) is 0.429. The second-order valence-electron chi connectivity index (χ2n) is 4.94. The smallest absolute Gasteiger partial charge is 0.153 e. The zero-order chi connectivity index (χ0) is 13.2. The first-order valence-electron chi connectivity index (χ1n) is 6.68. The van der Waals surface area contributed by atoms with Crippen LogP contribution in [0.15, 0.2) is 29.0 Å². The summed E-state index contributed by atoms with van der Waals surface area (Å²) in [5.74, 6) is 0.887. The second-order valence-corrected chi connectivity index (χ2v) is 5.85. The quantitative estimate of drug-likeness (QED) is 0.921. The van der Waals surface area contributed by atoms with Crippen molar-refractivity contribution in [1.29, 1.82) is 0 Å². The summed E-state index contributed by atoms with van der Waals surface area (Å²) in [5.41, 5.74) is 2.39. The number of aryl methyl sites for hydroxylation is 1. The van der Waals surface area contributed by atoms with Crippen LogP contribution in [0.3, 0.4) is 0 Å². The van der Waals surface area contributed by atoms with Gasteiger partial charge in [0.15, 0.2) is 5.82 Å². The molecule has 1 aliphatic carbocycles. The van der Waals surface area contributed by atoms with Crippen LogP contribution < -0.4 is 5.32 Å². The topological polar surface area (TPSA) is 42.7 Å². The third kappa shape index (κ3) is 3.22. The average molecular weight is 321 g/mol. The van der Waals surface area contributed by atoms with E-state index in [9.17, 15) is 0 Å². The lowest BCUT2D eigenvalue weighted by molar-refractivity contribution is 0.684. The van der Waals surface area contributed by atoms with Crippen molar-refractivity contribution in [3.05, 3.63) is 40.3 Å². The van der Waals surface area contributed by atoms with Crippen molar-refractivity contribution in [3.63, 3.8) is 0 Å². The van der Waals surface area contributed by atoms with Crippen molar-refractivity contribution in [2.75, 3.05) is 0 Å². The number of rotatable bonds is 5. The molecule has 4 nitrogen and oxygen atoms in total. The summed E-state index contributed by atoms with van der Waals surface area (Å²) in [5, 5.41) is 7.84. The molecule has 5 heteroatoms. The van der Waals surface area contributed by atoms with Crippen molar-refractivity contribution >= 4 is 15.9 Å². The first-order valence-corrected chi connectivity index (χ1v) is 7.47. The van der Waals surface area contributed by atoms with E-state index in [4.69, 9.17) is 0 Å². The van der Waals surface area contributed by atoms with Gasteiger partial charge in [-0.1, -0.05) is 6.92 Å². The molecule has 0 saturated heterocycles. The van der Waals surface area contributed by atoms with Crippen LogP contribution in [-0.2, 0) is 13.0 Å². The summed E-state index contributed by atoms with van der Waals surface area (Å²) >= 11 is 3.42. The third-order valence-corrected chi connectivity index (χ3v) is 3.65. The van der Waals surface area contributed by atoms with Crippen LogP contribution in [0.1, 0.15) is 31.0 Å². The van der Waals surface area contributed by atoms with E-state index in [0.29, 0.717) is 0 Å². The third-order valence-electron chi connectivity index (χ3n) is 3.24. The maximum absolute atomic E-state index is 4.63. The van der Waals surface area contributed by atoms with Gasteiger partial charge in [0.05, 0.1) is 10.7 Å². The van der Waals surface area contributed by atoms with Gasteiger partial charge in [-0.15, -0.1) is 0 Å². The second kappa shape index (κ2) is 5.43. The van der Waals surface area contributed by atoms with Crippen LogP contribution in [0, 0.1) is 0 Å². The van der Waals surface area contributed by atoms with Crippen LogP contribution in [0.2, 0.25) is 0 Å². The summed E-state index contributed by atoms with van der Waals surface area (Å²) in [6.45, 7) is 3.04. The highest BCUT2D eigenvalue weighted by molar-refractivity contribution is 9.10. The highest BCUT2D eigenvalue weighted by Crippen LogP contribution is 2.20. The number of nitrogens with one attached hydrogen (secondary N) is 1. The lowest BCUT2D eigenvalue weighted by atomic mass is 10.2. The average Bonchev–Trinajstić information content (AvgIpc) is 3.16. The number of aromatic nitrogens is 3. The number of pyridine rings is 1. The molecule has 0 aliphatic heterocycles. The summed E-state index contributed by atoms with van der Waals surface area (Å²) in [4.78, 5) is 4.63. The summed E-state index contributed by atoms with van der Waals surface area (Å²) in [6, 6.07) is 5.01. The Morgan fingerprint density at radius 1 is 1.42 bits per heavy atom. The van der Waals surface area contributed by atoms with Gasteiger partial charge >= 0.3 is 0 Å². The minimum atomic E-state index is 0.723. The van der Waals surface area contributed by atoms with Crippen molar-refractivity contribution in [1.82, 2.24) is 20.1 Å². The lowest BCUT2D eigenvalue weighted by Crippen LogP contribution is -2.16. The summed E-state index contributed by atoms with van der Waals surface area (Å²) < 4.78 is 2.78. The molecular formula is C14H17BrN4. The van der Waals surface area contributed by atoms with Crippen molar-refractivity contribution in [2.45, 2.75) is 38.8 Å². The molecule has 1 N–H and O–H groups in total. The van der Waals surface area contributed by atoms with Gasteiger partial charge in [0.2, 0.25) is 0 Å². The Hall–Kier alpha value is -1.20. The maximum atomic E-state index is 4.63. The van der Waals surface area contributed by atoms with Gasteiger partial charge in [-0.25, -0.2) is 9.67 Å². The molecule has 2 heterocycles. The van der Waals surface area contributed by atoms with E-state index in [0.717, 1.165) is 35.0 Å². The Morgan fingerprint density at radius 3 is 2.89 bits per heavy atom. The summed E-state index contributed by atoms with van der Waals surface area (Å²) in [6.07, 6.45) is 7.27. The Balaban J connectivity index is 1.87. The molecule has 3 rings (SSSR count). The van der Waals surface area contributed by atoms with Crippen molar-refractivity contribution < 1.29 is 0 Å². The first kappa shape index (κ1) is 12.8. The number of hydrogen-bond acceptors (Lipinski definition) is 3. The van der Waals surface area contributed by atoms with Gasteiger partial charge in [0.25, 0.3) is 0 Å².